The number of piperidine rings is 1. The highest BCUT2D eigenvalue weighted by Crippen LogP contribution is 2.40. The number of carbonyl (C=O) groups is 1. The highest BCUT2D eigenvalue weighted by atomic mass is 32.1. The van der Waals surface area contributed by atoms with Gasteiger partial charge in [-0.25, -0.2) is 4.98 Å². The molecule has 0 bridgehead atoms. The average Bonchev–Trinajstić information content (AvgIpc) is 3.14. The fraction of sp³-hybridized carbons (Fsp3) is 0.474. The number of carbonyl (C=O) groups excluding carboxylic acids is 1. The maximum Gasteiger partial charge on any atom is 0.505 e. The number of thiazole rings is 1. The van der Waals surface area contributed by atoms with Gasteiger partial charge in [0, 0.05) is 29.2 Å². The average molecular weight is 405 g/mol. The number of nitrogens with zero attached hydrogens (tertiary/aromatic N) is 2. The van der Waals surface area contributed by atoms with E-state index < -0.39 is 6.16 Å². The molecule has 1 aromatic heterocycles. The van der Waals surface area contributed by atoms with Crippen LogP contribution in [0.25, 0.3) is 0 Å². The summed E-state index contributed by atoms with van der Waals surface area (Å²) in [5.41, 5.74) is 1.10. The number of ether oxygens (including phenoxy) is 2. The number of fused-ring (bicyclic) bond motifs is 1. The number of hydrogen-bond donors (Lipinski definition) is 3. The third-order valence-electron chi connectivity index (χ3n) is 5.31. The second kappa shape index (κ2) is 6.91. The first-order chi connectivity index (χ1) is 13.2. The van der Waals surface area contributed by atoms with Crippen molar-refractivity contribution in [1.82, 2.24) is 9.88 Å². The number of nitrogens with one attached hydrogen (secondary N) is 1. The maximum atomic E-state index is 13.0. The molecule has 1 aromatic carbocycles. The van der Waals surface area contributed by atoms with Gasteiger partial charge in [0.15, 0.2) is 16.6 Å². The van der Waals surface area contributed by atoms with Crippen molar-refractivity contribution in [1.29, 1.82) is 0 Å². The van der Waals surface area contributed by atoms with E-state index in [1.165, 1.54) is 11.3 Å². The van der Waals surface area contributed by atoms with Crippen molar-refractivity contribution < 1.29 is 24.5 Å². The monoisotopic (exact) mass is 405 g/mol. The first-order valence-corrected chi connectivity index (χ1v) is 10.1. The second-order valence-corrected chi connectivity index (χ2v) is 8.52. The number of anilines is 2. The summed E-state index contributed by atoms with van der Waals surface area (Å²) in [4.78, 5) is 20.3. The molecule has 2 atom stereocenters. The van der Waals surface area contributed by atoms with E-state index in [0.29, 0.717) is 22.4 Å². The zero-order chi connectivity index (χ0) is 20.1. The predicted molar refractivity (Wildman–Crippen MR) is 104 cm³/mol. The Morgan fingerprint density at radius 3 is 2.86 bits per heavy atom. The Morgan fingerprint density at radius 2 is 2.07 bits per heavy atom. The molecule has 2 aliphatic heterocycles. The van der Waals surface area contributed by atoms with Crippen molar-refractivity contribution in [2.24, 2.45) is 5.92 Å². The molecule has 8 nitrogen and oxygen atoms in total. The molecule has 0 radical (unpaired) electrons. The summed E-state index contributed by atoms with van der Waals surface area (Å²) >= 11 is 1.40. The summed E-state index contributed by atoms with van der Waals surface area (Å²) in [5, 5.41) is 22.5. The number of likely N-dealkylation sites (tertiary alicyclic amines) is 1. The summed E-state index contributed by atoms with van der Waals surface area (Å²) < 4.78 is 9.75. The van der Waals surface area contributed by atoms with Gasteiger partial charge in [-0.1, -0.05) is 6.92 Å². The van der Waals surface area contributed by atoms with Crippen LogP contribution in [0.4, 0.5) is 10.8 Å². The Kier molecular flexibility index (Phi) is 4.68. The molecular formula is C19H23N3O5S. The molecule has 1 fully saturated rings. The fourth-order valence-corrected chi connectivity index (χ4v) is 4.41. The van der Waals surface area contributed by atoms with Crippen molar-refractivity contribution in [3.63, 3.8) is 0 Å². The highest BCUT2D eigenvalue weighted by molar-refractivity contribution is 7.15. The molecule has 3 heterocycles. The van der Waals surface area contributed by atoms with Crippen LogP contribution < -0.4 is 14.8 Å². The molecule has 150 valence electrons. The number of amides is 1. The summed E-state index contributed by atoms with van der Waals surface area (Å²) in [7, 11) is 0. The second-order valence-electron chi connectivity index (χ2n) is 7.32. The van der Waals surface area contributed by atoms with E-state index in [9.17, 15) is 15.0 Å². The number of benzene rings is 1. The fourth-order valence-electron chi connectivity index (χ4n) is 3.59. The van der Waals surface area contributed by atoms with Crippen LogP contribution in [0.15, 0.2) is 18.2 Å². The van der Waals surface area contributed by atoms with Crippen molar-refractivity contribution >= 4 is 28.1 Å². The maximum absolute atomic E-state index is 13.0. The zero-order valence-electron chi connectivity index (χ0n) is 15.9. The third-order valence-corrected chi connectivity index (χ3v) is 6.20. The number of aliphatic hydroxyl groups is 2. The first-order valence-electron chi connectivity index (χ1n) is 9.26. The molecule has 0 saturated carbocycles. The third kappa shape index (κ3) is 3.52. The van der Waals surface area contributed by atoms with E-state index in [0.717, 1.165) is 24.3 Å². The van der Waals surface area contributed by atoms with E-state index >= 15 is 0 Å². The van der Waals surface area contributed by atoms with Crippen LogP contribution in [0.2, 0.25) is 0 Å². The van der Waals surface area contributed by atoms with Crippen molar-refractivity contribution in [2.75, 3.05) is 11.9 Å². The molecule has 4 rings (SSSR count). The van der Waals surface area contributed by atoms with Crippen molar-refractivity contribution in [3.8, 4) is 11.5 Å². The lowest BCUT2D eigenvalue weighted by molar-refractivity contribution is -0.385. The van der Waals surface area contributed by atoms with E-state index in [2.05, 4.69) is 24.1 Å². The highest BCUT2D eigenvalue weighted by Gasteiger charge is 2.38. The van der Waals surface area contributed by atoms with Crippen LogP contribution in [0.3, 0.4) is 0 Å². The van der Waals surface area contributed by atoms with Gasteiger partial charge in [0.2, 0.25) is 0 Å². The molecule has 0 aliphatic carbocycles. The minimum atomic E-state index is -2.65. The Labute approximate surface area is 166 Å². The SMILES string of the molecule is Cc1sc(Nc2ccc3c(c2)OC(O)(O)O3)nc1C(=O)N1CCCC(C)C1C. The molecule has 9 heteroatoms. The summed E-state index contributed by atoms with van der Waals surface area (Å²) in [6.45, 7) is 6.92. The van der Waals surface area contributed by atoms with Crippen LogP contribution >= 0.6 is 11.3 Å². The van der Waals surface area contributed by atoms with Crippen LogP contribution in [-0.4, -0.2) is 44.7 Å². The minimum Gasteiger partial charge on any atom is -0.403 e. The Hall–Kier alpha value is -2.36. The van der Waals surface area contributed by atoms with Gasteiger partial charge in [-0.2, -0.15) is 0 Å². The summed E-state index contributed by atoms with van der Waals surface area (Å²) in [5.74, 6) is 0.885. The van der Waals surface area contributed by atoms with Gasteiger partial charge >= 0.3 is 6.16 Å². The van der Waals surface area contributed by atoms with Gasteiger partial charge in [-0.15, -0.1) is 11.3 Å². The van der Waals surface area contributed by atoms with Gasteiger partial charge in [0.05, 0.1) is 0 Å². The van der Waals surface area contributed by atoms with E-state index in [1.807, 2.05) is 11.8 Å². The molecule has 28 heavy (non-hydrogen) atoms. The largest absolute Gasteiger partial charge is 0.505 e. The smallest absolute Gasteiger partial charge is 0.403 e. The lowest BCUT2D eigenvalue weighted by Crippen LogP contribution is -2.46. The topological polar surface area (TPSA) is 104 Å². The van der Waals surface area contributed by atoms with Crippen molar-refractivity contribution in [3.05, 3.63) is 28.8 Å². The lowest BCUT2D eigenvalue weighted by Gasteiger charge is -2.37. The quantitative estimate of drug-likeness (QED) is 0.675. The van der Waals surface area contributed by atoms with Crippen molar-refractivity contribution in [2.45, 2.75) is 45.8 Å². The van der Waals surface area contributed by atoms with Gasteiger partial charge < -0.3 is 19.7 Å². The number of aryl methyl sites for hydroxylation is 1. The Bertz CT molecular complexity index is 913. The minimum absolute atomic E-state index is 0.0307. The summed E-state index contributed by atoms with van der Waals surface area (Å²) in [6, 6.07) is 5.05. The van der Waals surface area contributed by atoms with E-state index in [-0.39, 0.29) is 23.4 Å². The molecule has 0 spiro atoms. The molecular weight excluding hydrogens is 382 g/mol. The van der Waals surface area contributed by atoms with Crippen LogP contribution in [0, 0.1) is 12.8 Å². The number of hydrogen-bond acceptors (Lipinski definition) is 8. The molecule has 3 N–H and O–H groups in total. The predicted octanol–water partition coefficient (Wildman–Crippen LogP) is 2.82. The first kappa shape index (κ1) is 19.0. The standard InChI is InChI=1S/C19H23N3O5S/c1-10-5-4-8-22(11(10)2)17(23)16-12(3)28-18(21-16)20-13-6-7-14-15(9-13)27-19(24,25)26-14/h6-7,9-11,24-25H,4-5,8H2,1-3H3,(H,20,21). The van der Waals surface area contributed by atoms with Gasteiger partial charge in [-0.05, 0) is 44.7 Å². The zero-order valence-corrected chi connectivity index (χ0v) is 16.7. The number of aromatic nitrogens is 1. The van der Waals surface area contributed by atoms with E-state index in [1.54, 1.807) is 18.2 Å². The molecule has 2 aliphatic rings. The van der Waals surface area contributed by atoms with Gasteiger partial charge in [0.25, 0.3) is 5.91 Å². The molecule has 1 saturated heterocycles. The van der Waals surface area contributed by atoms with Crippen LogP contribution in [0.5, 0.6) is 11.5 Å². The number of rotatable bonds is 3. The lowest BCUT2D eigenvalue weighted by atomic mass is 9.92. The van der Waals surface area contributed by atoms with Gasteiger partial charge in [0.1, 0.15) is 5.69 Å². The van der Waals surface area contributed by atoms with Crippen LogP contribution in [0.1, 0.15) is 42.1 Å². The molecule has 2 aromatic rings. The van der Waals surface area contributed by atoms with Crippen LogP contribution in [-0.2, 0) is 0 Å². The Balaban J connectivity index is 1.52. The molecule has 1 amide bonds. The summed E-state index contributed by atoms with van der Waals surface area (Å²) in [6.07, 6.45) is -0.499. The van der Waals surface area contributed by atoms with Gasteiger partial charge in [-0.3, -0.25) is 15.0 Å². The molecule has 2 unspecified atom stereocenters. The van der Waals surface area contributed by atoms with E-state index in [4.69, 9.17) is 9.47 Å². The normalized spacial score (nSPS) is 23.0. The Morgan fingerprint density at radius 1 is 1.32 bits per heavy atom.